The highest BCUT2D eigenvalue weighted by Crippen LogP contribution is 2.32. The molecule has 0 unspecified atom stereocenters. The summed E-state index contributed by atoms with van der Waals surface area (Å²) in [6.07, 6.45) is 5.17. The van der Waals surface area contributed by atoms with Gasteiger partial charge in [-0.1, -0.05) is 24.6 Å². The largest absolute Gasteiger partial charge is 0.444 e. The van der Waals surface area contributed by atoms with Crippen LogP contribution in [0.2, 0.25) is 0 Å². The number of hydrogen-bond donors (Lipinski definition) is 0. The number of hydrogen-bond acceptors (Lipinski definition) is 5. The molecule has 166 valence electrons. The van der Waals surface area contributed by atoms with Crippen LogP contribution < -0.4 is 4.90 Å². The molecule has 0 bridgehead atoms. The maximum atomic E-state index is 13.0. The highest BCUT2D eigenvalue weighted by atomic mass is 32.2. The number of aromatic nitrogens is 1. The highest BCUT2D eigenvalue weighted by molar-refractivity contribution is 7.89. The van der Waals surface area contributed by atoms with Crippen LogP contribution >= 0.6 is 0 Å². The van der Waals surface area contributed by atoms with Gasteiger partial charge >= 0.3 is 0 Å². The Hall–Kier alpha value is -2.97. The first-order valence-electron chi connectivity index (χ1n) is 11.0. The van der Waals surface area contributed by atoms with Crippen LogP contribution in [0, 0.1) is 0 Å². The molecule has 1 aromatic heterocycles. The Morgan fingerprint density at radius 3 is 2.56 bits per heavy atom. The van der Waals surface area contributed by atoms with Crippen molar-refractivity contribution in [1.82, 2.24) is 9.29 Å². The molecule has 0 saturated carbocycles. The zero-order chi connectivity index (χ0) is 22.1. The van der Waals surface area contributed by atoms with Crippen molar-refractivity contribution in [1.29, 1.82) is 0 Å². The van der Waals surface area contributed by atoms with Crippen LogP contribution in [0.25, 0.3) is 11.5 Å². The number of nitrogens with zero attached hydrogens (tertiary/aromatic N) is 3. The van der Waals surface area contributed by atoms with Gasteiger partial charge in [0.05, 0.1) is 17.0 Å². The Kier molecular flexibility index (Phi) is 5.57. The first-order chi connectivity index (χ1) is 15.5. The van der Waals surface area contributed by atoms with E-state index in [0.717, 1.165) is 36.1 Å². The number of rotatable bonds is 5. The standard InChI is InChI=1S/C24H25N3O4S/c28-23(16-20-17-31-24(25-20)18-7-3-1-4-8-18)27-14-11-19-15-21(9-10-22(19)27)32(29,30)26-12-5-2-6-13-26/h1,3-4,7-10,15,17H,2,5-6,11-14,16H2. The number of amides is 1. The maximum Gasteiger partial charge on any atom is 0.243 e. The van der Waals surface area contributed by atoms with Crippen LogP contribution in [-0.2, 0) is 27.7 Å². The number of carbonyl (C=O) groups excluding carboxylic acids is 1. The Labute approximate surface area is 187 Å². The molecule has 3 heterocycles. The molecule has 1 fully saturated rings. The molecular formula is C24H25N3O4S. The zero-order valence-corrected chi connectivity index (χ0v) is 18.6. The molecule has 0 atom stereocenters. The fourth-order valence-electron chi connectivity index (χ4n) is 4.40. The monoisotopic (exact) mass is 451 g/mol. The Bertz CT molecular complexity index is 1230. The van der Waals surface area contributed by atoms with E-state index in [1.165, 1.54) is 6.26 Å². The van der Waals surface area contributed by atoms with E-state index in [-0.39, 0.29) is 12.3 Å². The minimum Gasteiger partial charge on any atom is -0.444 e. The van der Waals surface area contributed by atoms with Gasteiger partial charge in [0.1, 0.15) is 6.26 Å². The summed E-state index contributed by atoms with van der Waals surface area (Å²) in [6.45, 7) is 1.68. The fourth-order valence-corrected chi connectivity index (χ4v) is 5.97. The molecule has 1 saturated heterocycles. The molecule has 3 aromatic rings. The molecule has 0 spiro atoms. The lowest BCUT2D eigenvalue weighted by atomic mass is 10.2. The molecule has 5 rings (SSSR count). The number of benzene rings is 2. The van der Waals surface area contributed by atoms with Gasteiger partial charge < -0.3 is 9.32 Å². The molecule has 8 heteroatoms. The SMILES string of the molecule is O=C(Cc1coc(-c2ccccc2)n1)N1CCc2cc(S(=O)(=O)N3CCCCC3)ccc21. The van der Waals surface area contributed by atoms with Crippen molar-refractivity contribution in [2.45, 2.75) is 37.0 Å². The summed E-state index contributed by atoms with van der Waals surface area (Å²) < 4.78 is 33.1. The van der Waals surface area contributed by atoms with Crippen LogP contribution in [0.15, 0.2) is 64.1 Å². The summed E-state index contributed by atoms with van der Waals surface area (Å²) in [6, 6.07) is 14.7. The first kappa shape index (κ1) is 20.9. The van der Waals surface area contributed by atoms with Gasteiger partial charge in [0.15, 0.2) is 0 Å². The van der Waals surface area contributed by atoms with Crippen molar-refractivity contribution in [3.05, 3.63) is 66.1 Å². The molecule has 1 amide bonds. The third-order valence-corrected chi connectivity index (χ3v) is 8.00. The second-order valence-electron chi connectivity index (χ2n) is 8.24. The smallest absolute Gasteiger partial charge is 0.243 e. The summed E-state index contributed by atoms with van der Waals surface area (Å²) in [5.74, 6) is 0.408. The van der Waals surface area contributed by atoms with Gasteiger partial charge in [-0.05, 0) is 55.2 Å². The number of anilines is 1. The molecular weight excluding hydrogens is 426 g/mol. The normalized spacial score (nSPS) is 16.8. The van der Waals surface area contributed by atoms with Gasteiger partial charge in [0, 0.05) is 30.9 Å². The number of oxazole rings is 1. The lowest BCUT2D eigenvalue weighted by Crippen LogP contribution is -2.35. The number of carbonyl (C=O) groups is 1. The van der Waals surface area contributed by atoms with Gasteiger partial charge in [0.2, 0.25) is 21.8 Å². The van der Waals surface area contributed by atoms with Crippen molar-refractivity contribution >= 4 is 21.6 Å². The predicted molar refractivity (Wildman–Crippen MR) is 121 cm³/mol. The molecule has 7 nitrogen and oxygen atoms in total. The van der Waals surface area contributed by atoms with E-state index in [1.54, 1.807) is 27.4 Å². The molecule has 0 aliphatic carbocycles. The fraction of sp³-hybridized carbons (Fsp3) is 0.333. The molecule has 32 heavy (non-hydrogen) atoms. The van der Waals surface area contributed by atoms with E-state index in [2.05, 4.69) is 4.98 Å². The molecule has 2 aliphatic heterocycles. The lowest BCUT2D eigenvalue weighted by molar-refractivity contribution is -0.117. The first-order valence-corrected chi connectivity index (χ1v) is 12.4. The van der Waals surface area contributed by atoms with Crippen LogP contribution in [0.4, 0.5) is 5.69 Å². The van der Waals surface area contributed by atoms with Gasteiger partial charge in [-0.3, -0.25) is 4.79 Å². The second kappa shape index (κ2) is 8.52. The molecule has 0 N–H and O–H groups in total. The van der Waals surface area contributed by atoms with E-state index in [0.29, 0.717) is 42.5 Å². The Balaban J connectivity index is 1.31. The molecule has 2 aromatic carbocycles. The number of fused-ring (bicyclic) bond motifs is 1. The van der Waals surface area contributed by atoms with Crippen molar-refractivity contribution in [3.63, 3.8) is 0 Å². The summed E-state index contributed by atoms with van der Waals surface area (Å²) in [5.41, 5.74) is 3.10. The summed E-state index contributed by atoms with van der Waals surface area (Å²) in [4.78, 5) is 19.4. The van der Waals surface area contributed by atoms with Gasteiger partial charge in [0.25, 0.3) is 0 Å². The zero-order valence-electron chi connectivity index (χ0n) is 17.7. The molecule has 0 radical (unpaired) electrons. The predicted octanol–water partition coefficient (Wildman–Crippen LogP) is 3.65. The third-order valence-electron chi connectivity index (χ3n) is 6.11. The highest BCUT2D eigenvalue weighted by Gasteiger charge is 2.30. The number of sulfonamides is 1. The average molecular weight is 452 g/mol. The van der Waals surface area contributed by atoms with Gasteiger partial charge in [-0.2, -0.15) is 4.31 Å². The summed E-state index contributed by atoms with van der Waals surface area (Å²) in [5, 5.41) is 0. The van der Waals surface area contributed by atoms with E-state index in [9.17, 15) is 13.2 Å². The van der Waals surface area contributed by atoms with E-state index >= 15 is 0 Å². The topological polar surface area (TPSA) is 83.7 Å². The van der Waals surface area contributed by atoms with Gasteiger partial charge in [-0.15, -0.1) is 0 Å². The van der Waals surface area contributed by atoms with Crippen molar-refractivity contribution in [2.24, 2.45) is 0 Å². The van der Waals surface area contributed by atoms with E-state index in [1.807, 2.05) is 30.3 Å². The second-order valence-corrected chi connectivity index (χ2v) is 10.2. The van der Waals surface area contributed by atoms with E-state index in [4.69, 9.17) is 4.42 Å². The van der Waals surface area contributed by atoms with Gasteiger partial charge in [-0.25, -0.2) is 13.4 Å². The average Bonchev–Trinajstić information content (AvgIpc) is 3.47. The van der Waals surface area contributed by atoms with Crippen molar-refractivity contribution in [3.8, 4) is 11.5 Å². The van der Waals surface area contributed by atoms with Crippen molar-refractivity contribution < 1.29 is 17.6 Å². The van der Waals surface area contributed by atoms with E-state index < -0.39 is 10.0 Å². The maximum absolute atomic E-state index is 13.0. The Morgan fingerprint density at radius 1 is 1.00 bits per heavy atom. The van der Waals surface area contributed by atoms with Crippen LogP contribution in [-0.4, -0.2) is 43.2 Å². The summed E-state index contributed by atoms with van der Waals surface area (Å²) >= 11 is 0. The third kappa shape index (κ3) is 3.96. The van der Waals surface area contributed by atoms with Crippen LogP contribution in [0.3, 0.4) is 0 Å². The lowest BCUT2D eigenvalue weighted by Gasteiger charge is -2.26. The van der Waals surface area contributed by atoms with Crippen LogP contribution in [0.1, 0.15) is 30.5 Å². The van der Waals surface area contributed by atoms with Crippen LogP contribution in [0.5, 0.6) is 0 Å². The summed E-state index contributed by atoms with van der Waals surface area (Å²) in [7, 11) is -3.49. The van der Waals surface area contributed by atoms with Crippen molar-refractivity contribution in [2.75, 3.05) is 24.5 Å². The Morgan fingerprint density at radius 2 is 1.78 bits per heavy atom. The quantitative estimate of drug-likeness (QED) is 0.591. The molecule has 2 aliphatic rings. The number of piperidine rings is 1. The minimum atomic E-state index is -3.49. The minimum absolute atomic E-state index is 0.0803.